The second-order valence-electron chi connectivity index (χ2n) is 6.44. The molecule has 1 aliphatic heterocycles. The zero-order valence-corrected chi connectivity index (χ0v) is 12.5. The maximum atomic E-state index is 3.78. The summed E-state index contributed by atoms with van der Waals surface area (Å²) in [5.41, 5.74) is 0. The molecule has 0 radical (unpaired) electrons. The van der Waals surface area contributed by atoms with Gasteiger partial charge in [0, 0.05) is 18.6 Å². The van der Waals surface area contributed by atoms with Crippen LogP contribution in [0.2, 0.25) is 0 Å². The first-order valence-electron chi connectivity index (χ1n) is 8.28. The minimum Gasteiger partial charge on any atom is -0.312 e. The predicted octanol–water partition coefficient (Wildman–Crippen LogP) is 3.42. The smallest absolute Gasteiger partial charge is 0.0220 e. The van der Waals surface area contributed by atoms with E-state index in [1.165, 1.54) is 71.0 Å². The summed E-state index contributed by atoms with van der Waals surface area (Å²) in [6, 6.07) is 1.61. The largest absolute Gasteiger partial charge is 0.312 e. The average molecular weight is 252 g/mol. The molecule has 1 heterocycles. The van der Waals surface area contributed by atoms with Crippen LogP contribution in [0, 0.1) is 5.92 Å². The summed E-state index contributed by atoms with van der Waals surface area (Å²) in [6.07, 6.45) is 11.4. The van der Waals surface area contributed by atoms with Crippen molar-refractivity contribution < 1.29 is 0 Å². The van der Waals surface area contributed by atoms with Gasteiger partial charge in [-0.05, 0) is 38.3 Å². The summed E-state index contributed by atoms with van der Waals surface area (Å²) < 4.78 is 0. The van der Waals surface area contributed by atoms with Crippen LogP contribution in [0.15, 0.2) is 0 Å². The molecule has 1 saturated heterocycles. The van der Waals surface area contributed by atoms with Crippen LogP contribution in [0.25, 0.3) is 0 Å². The first-order chi connectivity index (χ1) is 8.81. The SMILES string of the molecule is CCC(C)C1CN(C2CCCCCC2)CCCN1. The molecule has 106 valence electrons. The van der Waals surface area contributed by atoms with Gasteiger partial charge in [0.2, 0.25) is 0 Å². The number of nitrogens with zero attached hydrogens (tertiary/aromatic N) is 1. The lowest BCUT2D eigenvalue weighted by Crippen LogP contribution is -2.45. The third kappa shape index (κ3) is 3.96. The second kappa shape index (κ2) is 7.49. The van der Waals surface area contributed by atoms with E-state index >= 15 is 0 Å². The summed E-state index contributed by atoms with van der Waals surface area (Å²) >= 11 is 0. The van der Waals surface area contributed by atoms with Gasteiger partial charge in [0.25, 0.3) is 0 Å². The van der Waals surface area contributed by atoms with Gasteiger partial charge in [0.1, 0.15) is 0 Å². The highest BCUT2D eigenvalue weighted by Gasteiger charge is 2.26. The number of hydrogen-bond acceptors (Lipinski definition) is 2. The van der Waals surface area contributed by atoms with Crippen LogP contribution in [0.1, 0.15) is 65.2 Å². The van der Waals surface area contributed by atoms with Crippen molar-refractivity contribution in [3.63, 3.8) is 0 Å². The highest BCUT2D eigenvalue weighted by atomic mass is 15.2. The minimum absolute atomic E-state index is 0.723. The van der Waals surface area contributed by atoms with Crippen molar-refractivity contribution in [2.75, 3.05) is 19.6 Å². The van der Waals surface area contributed by atoms with Crippen molar-refractivity contribution >= 4 is 0 Å². The van der Waals surface area contributed by atoms with E-state index in [9.17, 15) is 0 Å². The van der Waals surface area contributed by atoms with Crippen molar-refractivity contribution in [3.05, 3.63) is 0 Å². The quantitative estimate of drug-likeness (QED) is 0.774. The van der Waals surface area contributed by atoms with E-state index in [-0.39, 0.29) is 0 Å². The van der Waals surface area contributed by atoms with Gasteiger partial charge in [-0.15, -0.1) is 0 Å². The van der Waals surface area contributed by atoms with Crippen molar-refractivity contribution in [3.8, 4) is 0 Å². The standard InChI is InChI=1S/C16H32N2/c1-3-14(2)16-13-18(12-8-11-17-16)15-9-6-4-5-7-10-15/h14-17H,3-13H2,1-2H3. The highest BCUT2D eigenvalue weighted by Crippen LogP contribution is 2.24. The monoisotopic (exact) mass is 252 g/mol. The molecule has 2 fully saturated rings. The van der Waals surface area contributed by atoms with Gasteiger partial charge in [-0.2, -0.15) is 0 Å². The van der Waals surface area contributed by atoms with Crippen LogP contribution in [0.3, 0.4) is 0 Å². The lowest BCUT2D eigenvalue weighted by atomic mass is 9.97. The Kier molecular flexibility index (Phi) is 5.97. The van der Waals surface area contributed by atoms with Crippen LogP contribution in [-0.2, 0) is 0 Å². The molecule has 0 aromatic heterocycles. The fourth-order valence-electron chi connectivity index (χ4n) is 3.60. The Hall–Kier alpha value is -0.0800. The summed E-state index contributed by atoms with van der Waals surface area (Å²) in [5, 5.41) is 3.78. The van der Waals surface area contributed by atoms with E-state index in [4.69, 9.17) is 0 Å². The van der Waals surface area contributed by atoms with Crippen LogP contribution >= 0.6 is 0 Å². The molecule has 18 heavy (non-hydrogen) atoms. The molecule has 1 aliphatic carbocycles. The van der Waals surface area contributed by atoms with E-state index < -0.39 is 0 Å². The first kappa shape index (κ1) is 14.3. The topological polar surface area (TPSA) is 15.3 Å². The lowest BCUT2D eigenvalue weighted by Gasteiger charge is -2.33. The molecular formula is C16H32N2. The maximum absolute atomic E-state index is 3.78. The van der Waals surface area contributed by atoms with E-state index in [0.717, 1.165) is 18.0 Å². The van der Waals surface area contributed by atoms with Crippen LogP contribution in [-0.4, -0.2) is 36.6 Å². The lowest BCUT2D eigenvalue weighted by molar-refractivity contribution is 0.162. The number of nitrogens with one attached hydrogen (secondary N) is 1. The van der Waals surface area contributed by atoms with E-state index in [1.807, 2.05) is 0 Å². The Balaban J connectivity index is 1.92. The predicted molar refractivity (Wildman–Crippen MR) is 78.9 cm³/mol. The Morgan fingerprint density at radius 3 is 2.50 bits per heavy atom. The molecule has 2 aliphatic rings. The highest BCUT2D eigenvalue weighted by molar-refractivity contribution is 4.84. The van der Waals surface area contributed by atoms with Gasteiger partial charge in [-0.3, -0.25) is 4.90 Å². The molecular weight excluding hydrogens is 220 g/mol. The summed E-state index contributed by atoms with van der Waals surface area (Å²) in [4.78, 5) is 2.82. The summed E-state index contributed by atoms with van der Waals surface area (Å²) in [6.45, 7) is 8.57. The molecule has 0 bridgehead atoms. The van der Waals surface area contributed by atoms with Crippen LogP contribution in [0.4, 0.5) is 0 Å². The van der Waals surface area contributed by atoms with Gasteiger partial charge in [0.15, 0.2) is 0 Å². The van der Waals surface area contributed by atoms with Crippen LogP contribution < -0.4 is 5.32 Å². The molecule has 2 rings (SSSR count). The molecule has 2 unspecified atom stereocenters. The molecule has 2 nitrogen and oxygen atoms in total. The summed E-state index contributed by atoms with van der Waals surface area (Å²) in [7, 11) is 0. The summed E-state index contributed by atoms with van der Waals surface area (Å²) in [5.74, 6) is 0.816. The molecule has 2 atom stereocenters. The fraction of sp³-hybridized carbons (Fsp3) is 1.00. The van der Waals surface area contributed by atoms with E-state index in [0.29, 0.717) is 0 Å². The van der Waals surface area contributed by atoms with Gasteiger partial charge < -0.3 is 5.32 Å². The first-order valence-corrected chi connectivity index (χ1v) is 8.28. The third-order valence-electron chi connectivity index (χ3n) is 5.13. The fourth-order valence-corrected chi connectivity index (χ4v) is 3.60. The zero-order chi connectivity index (χ0) is 12.8. The molecule has 0 aromatic rings. The van der Waals surface area contributed by atoms with Gasteiger partial charge in [0.05, 0.1) is 0 Å². The normalized spacial score (nSPS) is 30.7. The van der Waals surface area contributed by atoms with Crippen molar-refractivity contribution in [2.24, 2.45) is 5.92 Å². The van der Waals surface area contributed by atoms with E-state index in [1.54, 1.807) is 0 Å². The molecule has 0 spiro atoms. The minimum atomic E-state index is 0.723. The Labute approximate surface area is 114 Å². The Morgan fingerprint density at radius 2 is 1.83 bits per heavy atom. The Bertz CT molecular complexity index is 221. The van der Waals surface area contributed by atoms with Crippen molar-refractivity contribution in [1.29, 1.82) is 0 Å². The molecule has 2 heteroatoms. The molecule has 0 aromatic carbocycles. The Morgan fingerprint density at radius 1 is 1.11 bits per heavy atom. The molecule has 0 amide bonds. The van der Waals surface area contributed by atoms with E-state index in [2.05, 4.69) is 24.1 Å². The van der Waals surface area contributed by atoms with Gasteiger partial charge >= 0.3 is 0 Å². The molecule has 1 saturated carbocycles. The van der Waals surface area contributed by atoms with Crippen LogP contribution in [0.5, 0.6) is 0 Å². The number of hydrogen-bond donors (Lipinski definition) is 1. The average Bonchev–Trinajstić information content (AvgIpc) is 2.80. The zero-order valence-electron chi connectivity index (χ0n) is 12.5. The maximum Gasteiger partial charge on any atom is 0.0220 e. The van der Waals surface area contributed by atoms with Crippen molar-refractivity contribution in [2.45, 2.75) is 77.3 Å². The van der Waals surface area contributed by atoms with Gasteiger partial charge in [-0.25, -0.2) is 0 Å². The number of rotatable bonds is 3. The third-order valence-corrected chi connectivity index (χ3v) is 5.13. The van der Waals surface area contributed by atoms with Crippen molar-refractivity contribution in [1.82, 2.24) is 10.2 Å². The second-order valence-corrected chi connectivity index (χ2v) is 6.44. The van der Waals surface area contributed by atoms with Gasteiger partial charge in [-0.1, -0.05) is 46.0 Å². The molecule has 1 N–H and O–H groups in total.